The van der Waals surface area contributed by atoms with E-state index in [2.05, 4.69) is 4.72 Å². The van der Waals surface area contributed by atoms with Crippen LogP contribution in [0.25, 0.3) is 0 Å². The Morgan fingerprint density at radius 1 is 0.875 bits per heavy atom. The highest BCUT2D eigenvalue weighted by molar-refractivity contribution is 7.92. The highest BCUT2D eigenvalue weighted by atomic mass is 32.2. The van der Waals surface area contributed by atoms with Crippen molar-refractivity contribution in [1.82, 2.24) is 0 Å². The highest BCUT2D eigenvalue weighted by Gasteiger charge is 2.31. The van der Waals surface area contributed by atoms with Crippen LogP contribution in [0.1, 0.15) is 31.9 Å². The summed E-state index contributed by atoms with van der Waals surface area (Å²) in [7, 11) is -4.09. The number of sulfonamides is 1. The molecule has 0 aliphatic carbocycles. The summed E-state index contributed by atoms with van der Waals surface area (Å²) in [5, 5.41) is 0. The zero-order chi connectivity index (χ0) is 18.2. The molecule has 0 fully saturated rings. The summed E-state index contributed by atoms with van der Waals surface area (Å²) in [6, 6.07) is 10.4. The maximum Gasteiger partial charge on any atom is 0.416 e. The molecule has 0 aliphatic rings. The number of rotatable bonds is 3. The second-order valence-electron chi connectivity index (χ2n) is 6.46. The van der Waals surface area contributed by atoms with E-state index in [1.807, 2.05) is 20.8 Å². The topological polar surface area (TPSA) is 46.2 Å². The molecule has 2 aromatic rings. The smallest absolute Gasteiger partial charge is 0.280 e. The van der Waals surface area contributed by atoms with E-state index in [9.17, 15) is 21.6 Å². The first kappa shape index (κ1) is 18.3. The van der Waals surface area contributed by atoms with Crippen molar-refractivity contribution in [2.45, 2.75) is 37.3 Å². The minimum atomic E-state index is -4.60. The summed E-state index contributed by atoms with van der Waals surface area (Å²) in [6.07, 6.45) is -4.60. The van der Waals surface area contributed by atoms with Gasteiger partial charge in [-0.25, -0.2) is 8.42 Å². The minimum Gasteiger partial charge on any atom is -0.280 e. The lowest BCUT2D eigenvalue weighted by atomic mass is 9.87. The van der Waals surface area contributed by atoms with E-state index in [-0.39, 0.29) is 5.41 Å². The molecule has 7 heteroatoms. The van der Waals surface area contributed by atoms with Gasteiger partial charge in [0.15, 0.2) is 0 Å². The Bertz CT molecular complexity index is 820. The first-order valence-corrected chi connectivity index (χ1v) is 8.68. The number of anilines is 1. The molecule has 0 aromatic heterocycles. The fraction of sp³-hybridized carbons (Fsp3) is 0.294. The van der Waals surface area contributed by atoms with Crippen LogP contribution in [0.4, 0.5) is 18.9 Å². The van der Waals surface area contributed by atoms with Crippen LogP contribution in [0.2, 0.25) is 0 Å². The summed E-state index contributed by atoms with van der Waals surface area (Å²) in [5.41, 5.74) is 0.219. The lowest BCUT2D eigenvalue weighted by Crippen LogP contribution is -2.15. The predicted molar refractivity (Wildman–Crippen MR) is 87.4 cm³/mol. The van der Waals surface area contributed by atoms with Crippen LogP contribution in [0.15, 0.2) is 53.4 Å². The van der Waals surface area contributed by atoms with E-state index < -0.39 is 26.7 Å². The van der Waals surface area contributed by atoms with Crippen LogP contribution in [-0.2, 0) is 21.6 Å². The minimum absolute atomic E-state index is 0.0849. The maximum atomic E-state index is 12.7. The summed E-state index contributed by atoms with van der Waals surface area (Å²) in [4.78, 5) is -0.433. The normalized spacial score (nSPS) is 12.9. The Hall–Kier alpha value is -2.02. The second-order valence-corrected chi connectivity index (χ2v) is 8.14. The van der Waals surface area contributed by atoms with Gasteiger partial charge in [0.05, 0.1) is 10.5 Å². The Morgan fingerprint density at radius 2 is 1.46 bits per heavy atom. The van der Waals surface area contributed by atoms with Crippen molar-refractivity contribution < 1.29 is 21.6 Å². The molecule has 0 spiro atoms. The van der Waals surface area contributed by atoms with Gasteiger partial charge in [-0.05, 0) is 41.3 Å². The lowest BCUT2D eigenvalue weighted by Gasteiger charge is -2.19. The van der Waals surface area contributed by atoms with Crippen molar-refractivity contribution in [2.24, 2.45) is 0 Å². The Morgan fingerprint density at radius 3 is 1.96 bits per heavy atom. The van der Waals surface area contributed by atoms with Crippen molar-refractivity contribution in [2.75, 3.05) is 4.72 Å². The molecule has 0 saturated carbocycles. The first-order chi connectivity index (χ1) is 10.9. The molecule has 1 N–H and O–H groups in total. The quantitative estimate of drug-likeness (QED) is 0.857. The molecule has 0 heterocycles. The molecular weight excluding hydrogens is 339 g/mol. The van der Waals surface area contributed by atoms with Crippen molar-refractivity contribution in [3.05, 3.63) is 59.7 Å². The SMILES string of the molecule is CC(C)(C)c1ccc(NS(=O)(=O)c2cccc(C(F)(F)F)c2)cc1. The summed E-state index contributed by atoms with van der Waals surface area (Å²) in [5.74, 6) is 0. The van der Waals surface area contributed by atoms with Crippen molar-refractivity contribution in [1.29, 1.82) is 0 Å². The van der Waals surface area contributed by atoms with Crippen LogP contribution < -0.4 is 4.72 Å². The van der Waals surface area contributed by atoms with Gasteiger partial charge >= 0.3 is 6.18 Å². The fourth-order valence-electron chi connectivity index (χ4n) is 2.09. The molecule has 0 saturated heterocycles. The van der Waals surface area contributed by atoms with E-state index >= 15 is 0 Å². The molecule has 130 valence electrons. The zero-order valence-corrected chi connectivity index (χ0v) is 14.3. The van der Waals surface area contributed by atoms with E-state index in [0.29, 0.717) is 11.8 Å². The number of alkyl halides is 3. The van der Waals surface area contributed by atoms with Gasteiger partial charge in [-0.3, -0.25) is 4.72 Å². The molecule has 0 atom stereocenters. The molecule has 0 bridgehead atoms. The molecular formula is C17H18F3NO2S. The molecule has 3 nitrogen and oxygen atoms in total. The third kappa shape index (κ3) is 4.29. The van der Waals surface area contributed by atoms with Crippen LogP contribution >= 0.6 is 0 Å². The molecule has 0 unspecified atom stereocenters. The lowest BCUT2D eigenvalue weighted by molar-refractivity contribution is -0.137. The van der Waals surface area contributed by atoms with Crippen LogP contribution in [0.5, 0.6) is 0 Å². The molecule has 0 aliphatic heterocycles. The van der Waals surface area contributed by atoms with Gasteiger partial charge in [-0.2, -0.15) is 13.2 Å². The van der Waals surface area contributed by atoms with Gasteiger partial charge in [0.25, 0.3) is 10.0 Å². The Kier molecular flexibility index (Phi) is 4.68. The molecule has 2 aromatic carbocycles. The first-order valence-electron chi connectivity index (χ1n) is 7.20. The molecule has 0 amide bonds. The van der Waals surface area contributed by atoms with Gasteiger partial charge < -0.3 is 0 Å². The van der Waals surface area contributed by atoms with Gasteiger partial charge in [0.1, 0.15) is 0 Å². The number of hydrogen-bond donors (Lipinski definition) is 1. The average molecular weight is 357 g/mol. The summed E-state index contributed by atoms with van der Waals surface area (Å²) in [6.45, 7) is 6.07. The van der Waals surface area contributed by atoms with Crippen LogP contribution in [-0.4, -0.2) is 8.42 Å². The number of benzene rings is 2. The second kappa shape index (κ2) is 6.12. The fourth-order valence-corrected chi connectivity index (χ4v) is 3.20. The third-order valence-electron chi connectivity index (χ3n) is 3.47. The number of hydrogen-bond acceptors (Lipinski definition) is 2. The van der Waals surface area contributed by atoms with Crippen molar-refractivity contribution in [3.8, 4) is 0 Å². The Labute approximate surface area is 139 Å². The molecule has 24 heavy (non-hydrogen) atoms. The van der Waals surface area contributed by atoms with Gasteiger partial charge in [0, 0.05) is 5.69 Å². The largest absolute Gasteiger partial charge is 0.416 e. The predicted octanol–water partition coefficient (Wildman–Crippen LogP) is 4.80. The van der Waals surface area contributed by atoms with Crippen molar-refractivity contribution >= 4 is 15.7 Å². The van der Waals surface area contributed by atoms with E-state index in [1.54, 1.807) is 24.3 Å². The van der Waals surface area contributed by atoms with Gasteiger partial charge in [-0.1, -0.05) is 39.0 Å². The van der Waals surface area contributed by atoms with Gasteiger partial charge in [-0.15, -0.1) is 0 Å². The Balaban J connectivity index is 2.29. The average Bonchev–Trinajstić information content (AvgIpc) is 2.46. The van der Waals surface area contributed by atoms with E-state index in [1.165, 1.54) is 0 Å². The van der Waals surface area contributed by atoms with E-state index in [4.69, 9.17) is 0 Å². The third-order valence-corrected chi connectivity index (χ3v) is 4.85. The van der Waals surface area contributed by atoms with Crippen LogP contribution in [0, 0.1) is 0 Å². The number of nitrogens with one attached hydrogen (secondary N) is 1. The molecule has 2 rings (SSSR count). The van der Waals surface area contributed by atoms with Gasteiger partial charge in [0.2, 0.25) is 0 Å². The van der Waals surface area contributed by atoms with Crippen LogP contribution in [0.3, 0.4) is 0 Å². The van der Waals surface area contributed by atoms with Crippen molar-refractivity contribution in [3.63, 3.8) is 0 Å². The van der Waals surface area contributed by atoms with E-state index in [0.717, 1.165) is 23.8 Å². The summed E-state index contributed by atoms with van der Waals surface area (Å²) >= 11 is 0. The zero-order valence-electron chi connectivity index (χ0n) is 13.5. The monoisotopic (exact) mass is 357 g/mol. The summed E-state index contributed by atoms with van der Waals surface area (Å²) < 4.78 is 65.0. The standard InChI is InChI=1S/C17H18F3NO2S/c1-16(2,3)12-7-9-14(10-8-12)21-24(22,23)15-6-4-5-13(11-15)17(18,19)20/h4-11,21H,1-3H3. The maximum absolute atomic E-state index is 12.7. The number of halogens is 3. The highest BCUT2D eigenvalue weighted by Crippen LogP contribution is 2.31. The molecule has 0 radical (unpaired) electrons.